The average molecular weight is 377 g/mol. The summed E-state index contributed by atoms with van der Waals surface area (Å²) in [6.07, 6.45) is 9.70. The van der Waals surface area contributed by atoms with Gasteiger partial charge >= 0.3 is 11.9 Å². The molecule has 1 aromatic carbocycles. The normalized spacial score (nSPS) is 10.8. The highest BCUT2D eigenvalue weighted by Gasteiger charge is 2.20. The standard InChI is InChI=1S/C23H36O4/c1-4-7-8-9-12-17-26-22(24)20-15-10-11-16-21(20)23(25)27-18-19(13-5-2)14-6-3/h10-11,15-16,19H,4-9,12-14,17-18H2,1-3H3. The summed E-state index contributed by atoms with van der Waals surface area (Å²) < 4.78 is 10.9. The van der Waals surface area contributed by atoms with Gasteiger partial charge in [-0.3, -0.25) is 0 Å². The van der Waals surface area contributed by atoms with Crippen molar-refractivity contribution in [2.75, 3.05) is 13.2 Å². The van der Waals surface area contributed by atoms with E-state index in [1.54, 1.807) is 24.3 Å². The van der Waals surface area contributed by atoms with E-state index < -0.39 is 11.9 Å². The predicted octanol–water partition coefficient (Wildman–Crippen LogP) is 6.19. The fourth-order valence-corrected chi connectivity index (χ4v) is 3.19. The van der Waals surface area contributed by atoms with Gasteiger partial charge in [-0.1, -0.05) is 71.4 Å². The lowest BCUT2D eigenvalue weighted by molar-refractivity contribution is 0.0402. The average Bonchev–Trinajstić information content (AvgIpc) is 2.68. The number of benzene rings is 1. The quantitative estimate of drug-likeness (QED) is 0.287. The molecule has 4 nitrogen and oxygen atoms in total. The van der Waals surface area contributed by atoms with Crippen molar-refractivity contribution in [3.8, 4) is 0 Å². The maximum atomic E-state index is 12.5. The molecular formula is C23H36O4. The van der Waals surface area contributed by atoms with Crippen LogP contribution in [0.15, 0.2) is 24.3 Å². The van der Waals surface area contributed by atoms with Gasteiger partial charge in [0.2, 0.25) is 0 Å². The molecule has 0 saturated carbocycles. The van der Waals surface area contributed by atoms with Crippen LogP contribution in [-0.4, -0.2) is 25.2 Å². The predicted molar refractivity (Wildman–Crippen MR) is 109 cm³/mol. The minimum atomic E-state index is -0.447. The molecule has 0 aliphatic rings. The van der Waals surface area contributed by atoms with Gasteiger partial charge in [0.25, 0.3) is 0 Å². The van der Waals surface area contributed by atoms with Crippen molar-refractivity contribution in [2.45, 2.75) is 78.6 Å². The third kappa shape index (κ3) is 9.07. The van der Waals surface area contributed by atoms with Gasteiger partial charge < -0.3 is 9.47 Å². The molecule has 0 amide bonds. The van der Waals surface area contributed by atoms with Gasteiger partial charge in [-0.25, -0.2) is 9.59 Å². The van der Waals surface area contributed by atoms with Gasteiger partial charge in [0.05, 0.1) is 24.3 Å². The van der Waals surface area contributed by atoms with Crippen LogP contribution in [-0.2, 0) is 9.47 Å². The third-order valence-electron chi connectivity index (χ3n) is 4.69. The van der Waals surface area contributed by atoms with Gasteiger partial charge in [-0.05, 0) is 37.3 Å². The molecule has 27 heavy (non-hydrogen) atoms. The van der Waals surface area contributed by atoms with Crippen LogP contribution in [0.2, 0.25) is 0 Å². The van der Waals surface area contributed by atoms with E-state index in [9.17, 15) is 9.59 Å². The summed E-state index contributed by atoms with van der Waals surface area (Å²) in [5, 5.41) is 0. The lowest BCUT2D eigenvalue weighted by Crippen LogP contribution is -2.18. The summed E-state index contributed by atoms with van der Waals surface area (Å²) in [5.74, 6) is -0.509. The monoisotopic (exact) mass is 376 g/mol. The highest BCUT2D eigenvalue weighted by Crippen LogP contribution is 2.17. The van der Waals surface area contributed by atoms with Gasteiger partial charge in [0, 0.05) is 0 Å². The molecule has 1 aromatic rings. The Morgan fingerprint density at radius 1 is 0.778 bits per heavy atom. The molecule has 0 N–H and O–H groups in total. The molecule has 0 spiro atoms. The van der Waals surface area contributed by atoms with Gasteiger partial charge in [-0.2, -0.15) is 0 Å². The second-order valence-electron chi connectivity index (χ2n) is 7.14. The Morgan fingerprint density at radius 3 is 1.89 bits per heavy atom. The Hall–Kier alpha value is -1.84. The Labute approximate surface area is 164 Å². The Morgan fingerprint density at radius 2 is 1.33 bits per heavy atom. The zero-order valence-electron chi connectivity index (χ0n) is 17.3. The topological polar surface area (TPSA) is 52.6 Å². The third-order valence-corrected chi connectivity index (χ3v) is 4.69. The molecule has 0 aromatic heterocycles. The van der Waals surface area contributed by atoms with Crippen molar-refractivity contribution in [3.63, 3.8) is 0 Å². The van der Waals surface area contributed by atoms with Crippen LogP contribution < -0.4 is 0 Å². The van der Waals surface area contributed by atoms with Crippen molar-refractivity contribution in [2.24, 2.45) is 5.92 Å². The largest absolute Gasteiger partial charge is 0.462 e. The van der Waals surface area contributed by atoms with E-state index >= 15 is 0 Å². The minimum absolute atomic E-state index is 0.290. The fourth-order valence-electron chi connectivity index (χ4n) is 3.19. The molecular weight excluding hydrogens is 340 g/mol. The first-order valence-electron chi connectivity index (χ1n) is 10.6. The smallest absolute Gasteiger partial charge is 0.339 e. The Balaban J connectivity index is 2.58. The summed E-state index contributed by atoms with van der Waals surface area (Å²) in [6.45, 7) is 7.24. The number of carbonyl (C=O) groups is 2. The van der Waals surface area contributed by atoms with E-state index in [0.29, 0.717) is 30.3 Å². The van der Waals surface area contributed by atoms with Crippen molar-refractivity contribution < 1.29 is 19.1 Å². The maximum absolute atomic E-state index is 12.5. The molecule has 0 aliphatic carbocycles. The lowest BCUT2D eigenvalue weighted by atomic mass is 9.99. The molecule has 0 aliphatic heterocycles. The fraction of sp³-hybridized carbons (Fsp3) is 0.652. The molecule has 0 unspecified atom stereocenters. The van der Waals surface area contributed by atoms with Gasteiger partial charge in [0.15, 0.2) is 0 Å². The van der Waals surface area contributed by atoms with Crippen LogP contribution in [0, 0.1) is 5.92 Å². The second-order valence-corrected chi connectivity index (χ2v) is 7.14. The van der Waals surface area contributed by atoms with E-state index in [4.69, 9.17) is 9.47 Å². The van der Waals surface area contributed by atoms with E-state index in [-0.39, 0.29) is 0 Å². The van der Waals surface area contributed by atoms with Gasteiger partial charge in [0.1, 0.15) is 0 Å². The van der Waals surface area contributed by atoms with Crippen LogP contribution in [0.1, 0.15) is 99.3 Å². The van der Waals surface area contributed by atoms with Crippen LogP contribution in [0.3, 0.4) is 0 Å². The lowest BCUT2D eigenvalue weighted by Gasteiger charge is -2.16. The van der Waals surface area contributed by atoms with Crippen molar-refractivity contribution in [3.05, 3.63) is 35.4 Å². The zero-order chi connectivity index (χ0) is 19.9. The first kappa shape index (κ1) is 23.2. The molecule has 0 heterocycles. The second kappa shape index (κ2) is 14.2. The van der Waals surface area contributed by atoms with Crippen molar-refractivity contribution in [1.29, 1.82) is 0 Å². The van der Waals surface area contributed by atoms with E-state index in [2.05, 4.69) is 20.8 Å². The Bertz CT molecular complexity index is 547. The number of esters is 2. The summed E-state index contributed by atoms with van der Waals surface area (Å²) >= 11 is 0. The van der Waals surface area contributed by atoms with Crippen LogP contribution >= 0.6 is 0 Å². The van der Waals surface area contributed by atoms with E-state index in [1.807, 2.05) is 0 Å². The number of ether oxygens (including phenoxy) is 2. The number of hydrogen-bond donors (Lipinski definition) is 0. The molecule has 1 rings (SSSR count). The minimum Gasteiger partial charge on any atom is -0.462 e. The molecule has 0 bridgehead atoms. The Kier molecular flexibility index (Phi) is 12.2. The summed E-state index contributed by atoms with van der Waals surface area (Å²) in [5.41, 5.74) is 0.582. The van der Waals surface area contributed by atoms with Crippen molar-refractivity contribution in [1.82, 2.24) is 0 Å². The first-order valence-corrected chi connectivity index (χ1v) is 10.6. The summed E-state index contributed by atoms with van der Waals surface area (Å²) in [4.78, 5) is 24.9. The number of unbranched alkanes of at least 4 members (excludes halogenated alkanes) is 4. The highest BCUT2D eigenvalue weighted by molar-refractivity contribution is 6.03. The number of hydrogen-bond acceptors (Lipinski definition) is 4. The summed E-state index contributed by atoms with van der Waals surface area (Å²) in [6, 6.07) is 6.75. The number of carbonyl (C=O) groups excluding carboxylic acids is 2. The first-order chi connectivity index (χ1) is 13.1. The van der Waals surface area contributed by atoms with Crippen LogP contribution in [0.5, 0.6) is 0 Å². The number of rotatable bonds is 14. The van der Waals surface area contributed by atoms with Crippen molar-refractivity contribution >= 4 is 11.9 Å². The molecule has 4 heteroatoms. The zero-order valence-corrected chi connectivity index (χ0v) is 17.3. The highest BCUT2D eigenvalue weighted by atomic mass is 16.5. The molecule has 152 valence electrons. The maximum Gasteiger partial charge on any atom is 0.339 e. The van der Waals surface area contributed by atoms with Crippen LogP contribution in [0.4, 0.5) is 0 Å². The molecule has 0 atom stereocenters. The molecule has 0 saturated heterocycles. The SMILES string of the molecule is CCCCCCCOC(=O)c1ccccc1C(=O)OCC(CCC)CCC. The van der Waals surface area contributed by atoms with E-state index in [1.165, 1.54) is 12.8 Å². The molecule has 0 fully saturated rings. The summed E-state index contributed by atoms with van der Waals surface area (Å²) in [7, 11) is 0. The van der Waals surface area contributed by atoms with Crippen LogP contribution in [0.25, 0.3) is 0 Å². The van der Waals surface area contributed by atoms with Gasteiger partial charge in [-0.15, -0.1) is 0 Å². The van der Waals surface area contributed by atoms with E-state index in [0.717, 1.165) is 44.9 Å². The molecule has 0 radical (unpaired) electrons.